The van der Waals surface area contributed by atoms with Crippen molar-refractivity contribution in [2.75, 3.05) is 6.54 Å². The smallest absolute Gasteiger partial charge is 0.234 e. The molecule has 0 saturated carbocycles. The van der Waals surface area contributed by atoms with Crippen molar-refractivity contribution in [2.45, 2.75) is 59.2 Å². The lowest BCUT2D eigenvalue weighted by Crippen LogP contribution is -2.43. The van der Waals surface area contributed by atoms with Gasteiger partial charge < -0.3 is 15.4 Å². The molecule has 4 heteroatoms. The fourth-order valence-electron chi connectivity index (χ4n) is 1.92. The Hall–Kier alpha value is -1.55. The van der Waals surface area contributed by atoms with E-state index in [1.54, 1.807) is 0 Å². The Labute approximate surface area is 128 Å². The lowest BCUT2D eigenvalue weighted by atomic mass is 10.1. The molecule has 1 atom stereocenters. The lowest BCUT2D eigenvalue weighted by Gasteiger charge is -2.22. The van der Waals surface area contributed by atoms with Gasteiger partial charge in [0.2, 0.25) is 5.91 Å². The Balaban J connectivity index is 2.67. The molecule has 1 aromatic carbocycles. The van der Waals surface area contributed by atoms with E-state index < -0.39 is 0 Å². The second kappa shape index (κ2) is 7.46. The minimum absolute atomic E-state index is 0.0169. The van der Waals surface area contributed by atoms with Crippen molar-refractivity contribution in [1.82, 2.24) is 10.6 Å². The van der Waals surface area contributed by atoms with Gasteiger partial charge in [0.1, 0.15) is 5.75 Å². The van der Waals surface area contributed by atoms with Crippen molar-refractivity contribution in [3.63, 3.8) is 0 Å². The molecular formula is C17H28N2O2. The topological polar surface area (TPSA) is 50.4 Å². The molecule has 1 unspecified atom stereocenters. The molecule has 0 fully saturated rings. The van der Waals surface area contributed by atoms with Crippen LogP contribution in [0, 0.1) is 0 Å². The minimum atomic E-state index is -0.0887. The number of carbonyl (C=O) groups is 1. The van der Waals surface area contributed by atoms with Crippen LogP contribution in [-0.4, -0.2) is 24.1 Å². The van der Waals surface area contributed by atoms with E-state index in [4.69, 9.17) is 4.74 Å². The Morgan fingerprint density at radius 1 is 1.19 bits per heavy atom. The summed E-state index contributed by atoms with van der Waals surface area (Å²) in [6.07, 6.45) is 0.108. The summed E-state index contributed by atoms with van der Waals surface area (Å²) >= 11 is 0. The summed E-state index contributed by atoms with van der Waals surface area (Å²) < 4.78 is 5.80. The zero-order valence-electron chi connectivity index (χ0n) is 14.0. The van der Waals surface area contributed by atoms with Crippen LogP contribution in [-0.2, 0) is 4.79 Å². The van der Waals surface area contributed by atoms with E-state index >= 15 is 0 Å². The third kappa shape index (κ3) is 6.63. The Morgan fingerprint density at radius 2 is 1.81 bits per heavy atom. The average molecular weight is 292 g/mol. The molecular weight excluding hydrogens is 264 g/mol. The average Bonchev–Trinajstić information content (AvgIpc) is 2.35. The van der Waals surface area contributed by atoms with Crippen LogP contribution < -0.4 is 15.4 Å². The van der Waals surface area contributed by atoms with Gasteiger partial charge in [0.15, 0.2) is 0 Å². The third-order valence-corrected chi connectivity index (χ3v) is 2.90. The third-order valence-electron chi connectivity index (χ3n) is 2.90. The van der Waals surface area contributed by atoms with Crippen LogP contribution in [0.25, 0.3) is 0 Å². The Bertz CT molecular complexity index is 464. The minimum Gasteiger partial charge on any atom is -0.491 e. The number of carbonyl (C=O) groups excluding carboxylic acids is 1. The van der Waals surface area contributed by atoms with Crippen LogP contribution >= 0.6 is 0 Å². The van der Waals surface area contributed by atoms with Crippen LogP contribution in [0.2, 0.25) is 0 Å². The number of nitrogens with one attached hydrogen (secondary N) is 2. The van der Waals surface area contributed by atoms with Crippen molar-refractivity contribution >= 4 is 5.91 Å². The number of hydrogen-bond acceptors (Lipinski definition) is 3. The summed E-state index contributed by atoms with van der Waals surface area (Å²) in [6.45, 7) is 12.4. The quantitative estimate of drug-likeness (QED) is 0.847. The van der Waals surface area contributed by atoms with E-state index in [9.17, 15) is 4.79 Å². The Morgan fingerprint density at radius 3 is 2.38 bits per heavy atom. The van der Waals surface area contributed by atoms with Gasteiger partial charge in [-0.1, -0.05) is 18.2 Å². The molecule has 1 amide bonds. The summed E-state index contributed by atoms with van der Waals surface area (Å²) in [5.74, 6) is 0.806. The van der Waals surface area contributed by atoms with Gasteiger partial charge in [-0.3, -0.25) is 4.79 Å². The van der Waals surface area contributed by atoms with Gasteiger partial charge in [-0.2, -0.15) is 0 Å². The standard InChI is InChI=1S/C17H28N2O2/c1-12(2)21-15-10-8-7-9-14(15)13(3)19-16(20)11-18-17(4,5)6/h7-10,12-13,18H,11H2,1-6H3,(H,19,20). The predicted octanol–water partition coefficient (Wildman–Crippen LogP) is 3.04. The molecule has 0 heterocycles. The van der Waals surface area contributed by atoms with E-state index in [2.05, 4.69) is 10.6 Å². The van der Waals surface area contributed by atoms with Crippen LogP contribution in [0.1, 0.15) is 53.1 Å². The molecule has 0 spiro atoms. The number of para-hydroxylation sites is 1. The molecule has 4 nitrogen and oxygen atoms in total. The summed E-state index contributed by atoms with van der Waals surface area (Å²) in [4.78, 5) is 12.0. The van der Waals surface area contributed by atoms with Gasteiger partial charge in [0.05, 0.1) is 18.7 Å². The predicted molar refractivity (Wildman–Crippen MR) is 86.5 cm³/mol. The van der Waals surface area contributed by atoms with Gasteiger partial charge in [-0.25, -0.2) is 0 Å². The molecule has 0 aliphatic heterocycles. The van der Waals surface area contributed by atoms with Gasteiger partial charge in [0.25, 0.3) is 0 Å². The molecule has 0 aromatic heterocycles. The van der Waals surface area contributed by atoms with E-state index in [1.165, 1.54) is 0 Å². The molecule has 1 rings (SSSR count). The first-order chi connectivity index (χ1) is 9.69. The summed E-state index contributed by atoms with van der Waals surface area (Å²) in [6, 6.07) is 7.73. The number of rotatable bonds is 6. The van der Waals surface area contributed by atoms with Crippen LogP contribution in [0.3, 0.4) is 0 Å². The Kier molecular flexibility index (Phi) is 6.21. The summed E-state index contributed by atoms with van der Waals surface area (Å²) in [5.41, 5.74) is 0.925. The summed E-state index contributed by atoms with van der Waals surface area (Å²) in [5, 5.41) is 6.18. The van der Waals surface area contributed by atoms with Crippen molar-refractivity contribution in [1.29, 1.82) is 0 Å². The lowest BCUT2D eigenvalue weighted by molar-refractivity contribution is -0.121. The molecule has 0 aliphatic rings. The van der Waals surface area contributed by atoms with Gasteiger partial charge in [0, 0.05) is 11.1 Å². The maximum Gasteiger partial charge on any atom is 0.234 e. The van der Waals surface area contributed by atoms with Crippen molar-refractivity contribution < 1.29 is 9.53 Å². The van der Waals surface area contributed by atoms with Gasteiger partial charge in [-0.05, 0) is 47.6 Å². The van der Waals surface area contributed by atoms with Crippen LogP contribution in [0.5, 0.6) is 5.75 Å². The van der Waals surface area contributed by atoms with Gasteiger partial charge in [-0.15, -0.1) is 0 Å². The number of ether oxygens (including phenoxy) is 1. The number of hydrogen-bond donors (Lipinski definition) is 2. The molecule has 0 bridgehead atoms. The highest BCUT2D eigenvalue weighted by Gasteiger charge is 2.16. The van der Waals surface area contributed by atoms with Crippen molar-refractivity contribution in [3.8, 4) is 5.75 Å². The molecule has 1 aromatic rings. The molecule has 2 N–H and O–H groups in total. The molecule has 0 radical (unpaired) electrons. The first-order valence-electron chi connectivity index (χ1n) is 7.49. The van der Waals surface area contributed by atoms with E-state index in [0.29, 0.717) is 6.54 Å². The summed E-state index contributed by atoms with van der Waals surface area (Å²) in [7, 11) is 0. The maximum atomic E-state index is 12.0. The maximum absolute atomic E-state index is 12.0. The zero-order valence-corrected chi connectivity index (χ0v) is 14.0. The second-order valence-electron chi connectivity index (χ2n) is 6.60. The normalized spacial score (nSPS) is 13.1. The van der Waals surface area contributed by atoms with Crippen LogP contribution in [0.15, 0.2) is 24.3 Å². The zero-order chi connectivity index (χ0) is 16.0. The fourth-order valence-corrected chi connectivity index (χ4v) is 1.92. The number of benzene rings is 1. The first kappa shape index (κ1) is 17.5. The van der Waals surface area contributed by atoms with E-state index in [-0.39, 0.29) is 23.6 Å². The largest absolute Gasteiger partial charge is 0.491 e. The number of amides is 1. The molecule has 0 saturated heterocycles. The first-order valence-corrected chi connectivity index (χ1v) is 7.49. The van der Waals surface area contributed by atoms with E-state index in [1.807, 2.05) is 65.8 Å². The molecule has 0 aliphatic carbocycles. The fraction of sp³-hybridized carbons (Fsp3) is 0.588. The SMILES string of the molecule is CC(C)Oc1ccccc1C(C)NC(=O)CNC(C)(C)C. The molecule has 21 heavy (non-hydrogen) atoms. The van der Waals surface area contributed by atoms with Crippen molar-refractivity contribution in [2.24, 2.45) is 0 Å². The highest BCUT2D eigenvalue weighted by molar-refractivity contribution is 5.78. The molecule has 118 valence electrons. The van der Waals surface area contributed by atoms with Gasteiger partial charge >= 0.3 is 0 Å². The van der Waals surface area contributed by atoms with Crippen LogP contribution in [0.4, 0.5) is 0 Å². The van der Waals surface area contributed by atoms with Crippen molar-refractivity contribution in [3.05, 3.63) is 29.8 Å². The highest BCUT2D eigenvalue weighted by atomic mass is 16.5. The van der Waals surface area contributed by atoms with E-state index in [0.717, 1.165) is 11.3 Å². The monoisotopic (exact) mass is 292 g/mol. The second-order valence-corrected chi connectivity index (χ2v) is 6.60. The highest BCUT2D eigenvalue weighted by Crippen LogP contribution is 2.25.